The Bertz CT molecular complexity index is 547. The van der Waals surface area contributed by atoms with Gasteiger partial charge in [0.2, 0.25) is 0 Å². The van der Waals surface area contributed by atoms with Crippen molar-refractivity contribution in [3.05, 3.63) is 53.9 Å². The number of hydrogen-bond donors (Lipinski definition) is 1. The van der Waals surface area contributed by atoms with E-state index in [0.29, 0.717) is 5.92 Å². The zero-order valence-electron chi connectivity index (χ0n) is 13.4. The van der Waals surface area contributed by atoms with E-state index < -0.39 is 0 Å². The molecule has 4 nitrogen and oxygen atoms in total. The Morgan fingerprint density at radius 1 is 1.24 bits per heavy atom. The fourth-order valence-electron chi connectivity index (χ4n) is 3.02. The minimum absolute atomic E-state index is 0.00729. The second kappa shape index (κ2) is 6.87. The Morgan fingerprint density at radius 2 is 1.90 bits per heavy atom. The molecule has 0 saturated carbocycles. The van der Waals surface area contributed by atoms with Crippen LogP contribution in [0.3, 0.4) is 0 Å². The van der Waals surface area contributed by atoms with Gasteiger partial charge in [-0.05, 0) is 18.5 Å². The molecule has 4 heteroatoms. The lowest BCUT2D eigenvalue weighted by Gasteiger charge is -2.35. The Morgan fingerprint density at radius 3 is 2.43 bits per heavy atom. The van der Waals surface area contributed by atoms with E-state index in [9.17, 15) is 0 Å². The summed E-state index contributed by atoms with van der Waals surface area (Å²) in [6.45, 7) is 5.32. The summed E-state index contributed by atoms with van der Waals surface area (Å²) >= 11 is 0. The summed E-state index contributed by atoms with van der Waals surface area (Å²) in [6, 6.07) is 10.6. The second-order valence-electron chi connectivity index (χ2n) is 6.11. The van der Waals surface area contributed by atoms with E-state index in [1.165, 1.54) is 11.1 Å². The summed E-state index contributed by atoms with van der Waals surface area (Å²) in [5.41, 5.74) is 8.94. The molecular weight excluding hydrogens is 260 g/mol. The van der Waals surface area contributed by atoms with Crippen LogP contribution in [0.1, 0.15) is 31.0 Å². The van der Waals surface area contributed by atoms with E-state index >= 15 is 0 Å². The van der Waals surface area contributed by atoms with Crippen LogP contribution in [-0.2, 0) is 13.6 Å². The summed E-state index contributed by atoms with van der Waals surface area (Å²) in [5.74, 6) is 0.474. The van der Waals surface area contributed by atoms with Gasteiger partial charge in [0.1, 0.15) is 0 Å². The van der Waals surface area contributed by atoms with Crippen LogP contribution < -0.4 is 5.73 Å². The van der Waals surface area contributed by atoms with Gasteiger partial charge in [0.25, 0.3) is 0 Å². The van der Waals surface area contributed by atoms with E-state index in [1.54, 1.807) is 0 Å². The molecule has 1 heterocycles. The first-order chi connectivity index (χ1) is 9.99. The highest BCUT2D eigenvalue weighted by atomic mass is 15.2. The lowest BCUT2D eigenvalue weighted by Crippen LogP contribution is -2.43. The van der Waals surface area contributed by atoms with Gasteiger partial charge in [-0.2, -0.15) is 5.10 Å². The average molecular weight is 286 g/mol. The number of hydrogen-bond acceptors (Lipinski definition) is 3. The van der Waals surface area contributed by atoms with Gasteiger partial charge in [-0.3, -0.25) is 9.58 Å². The third kappa shape index (κ3) is 3.93. The highest BCUT2D eigenvalue weighted by Crippen LogP contribution is 2.25. The maximum absolute atomic E-state index is 6.54. The largest absolute Gasteiger partial charge is 0.323 e. The lowest BCUT2D eigenvalue weighted by molar-refractivity contribution is 0.156. The number of aromatic nitrogens is 2. The van der Waals surface area contributed by atoms with Crippen molar-refractivity contribution in [1.82, 2.24) is 14.7 Å². The predicted molar refractivity (Wildman–Crippen MR) is 86.7 cm³/mol. The van der Waals surface area contributed by atoms with Crippen molar-refractivity contribution in [2.45, 2.75) is 32.5 Å². The summed E-state index contributed by atoms with van der Waals surface area (Å²) in [4.78, 5) is 2.33. The lowest BCUT2D eigenvalue weighted by atomic mass is 9.90. The third-order valence-corrected chi connectivity index (χ3v) is 3.93. The molecule has 2 atom stereocenters. The summed E-state index contributed by atoms with van der Waals surface area (Å²) in [5, 5.41) is 4.24. The SMILES string of the molecule is CC(C)C(C(N)c1ccccc1)N(C)Cc1cnn(C)c1. The van der Waals surface area contributed by atoms with Gasteiger partial charge >= 0.3 is 0 Å². The second-order valence-corrected chi connectivity index (χ2v) is 6.11. The van der Waals surface area contributed by atoms with Crippen LogP contribution in [0.5, 0.6) is 0 Å². The fourth-order valence-corrected chi connectivity index (χ4v) is 3.02. The number of rotatable bonds is 6. The predicted octanol–water partition coefficient (Wildman–Crippen LogP) is 2.58. The van der Waals surface area contributed by atoms with E-state index in [1.807, 2.05) is 36.1 Å². The Labute approximate surface area is 127 Å². The summed E-state index contributed by atoms with van der Waals surface area (Å²) in [7, 11) is 4.08. The Kier molecular flexibility index (Phi) is 5.15. The molecule has 0 spiro atoms. The van der Waals surface area contributed by atoms with E-state index in [-0.39, 0.29) is 12.1 Å². The molecule has 2 rings (SSSR count). The maximum Gasteiger partial charge on any atom is 0.0534 e. The van der Waals surface area contributed by atoms with Crippen molar-refractivity contribution >= 4 is 0 Å². The van der Waals surface area contributed by atoms with E-state index in [4.69, 9.17) is 5.73 Å². The molecular formula is C17H26N4. The third-order valence-electron chi connectivity index (χ3n) is 3.93. The van der Waals surface area contributed by atoms with Crippen molar-refractivity contribution in [2.24, 2.45) is 18.7 Å². The molecule has 114 valence electrons. The van der Waals surface area contributed by atoms with Crippen molar-refractivity contribution in [2.75, 3.05) is 7.05 Å². The smallest absolute Gasteiger partial charge is 0.0534 e. The fraction of sp³-hybridized carbons (Fsp3) is 0.471. The molecule has 1 aromatic heterocycles. The zero-order chi connectivity index (χ0) is 15.4. The summed E-state index contributed by atoms with van der Waals surface area (Å²) in [6.07, 6.45) is 3.98. The van der Waals surface area contributed by atoms with Crippen LogP contribution in [0, 0.1) is 5.92 Å². The van der Waals surface area contributed by atoms with Crippen molar-refractivity contribution in [1.29, 1.82) is 0 Å². The molecule has 0 saturated heterocycles. The monoisotopic (exact) mass is 286 g/mol. The van der Waals surface area contributed by atoms with Gasteiger partial charge in [0.15, 0.2) is 0 Å². The first-order valence-electron chi connectivity index (χ1n) is 7.47. The number of nitrogens with two attached hydrogens (primary N) is 1. The molecule has 0 bridgehead atoms. The average Bonchev–Trinajstić information content (AvgIpc) is 2.84. The molecule has 0 aliphatic rings. The first-order valence-corrected chi connectivity index (χ1v) is 7.47. The Hall–Kier alpha value is -1.65. The molecule has 1 aromatic carbocycles. The van der Waals surface area contributed by atoms with Crippen LogP contribution in [0.15, 0.2) is 42.7 Å². The number of likely N-dealkylation sites (N-methyl/N-ethyl adjacent to an activating group) is 1. The molecule has 21 heavy (non-hydrogen) atoms. The molecule has 2 N–H and O–H groups in total. The van der Waals surface area contributed by atoms with Crippen LogP contribution in [-0.4, -0.2) is 27.8 Å². The minimum Gasteiger partial charge on any atom is -0.323 e. The molecule has 0 aliphatic heterocycles. The molecule has 0 amide bonds. The van der Waals surface area contributed by atoms with Crippen LogP contribution >= 0.6 is 0 Å². The van der Waals surface area contributed by atoms with Crippen molar-refractivity contribution in [3.8, 4) is 0 Å². The molecule has 2 aromatic rings. The minimum atomic E-state index is 0.00729. The van der Waals surface area contributed by atoms with Gasteiger partial charge in [0.05, 0.1) is 6.20 Å². The highest BCUT2D eigenvalue weighted by molar-refractivity contribution is 5.20. The van der Waals surface area contributed by atoms with Crippen LogP contribution in [0.4, 0.5) is 0 Å². The number of aryl methyl sites for hydroxylation is 1. The van der Waals surface area contributed by atoms with E-state index in [0.717, 1.165) is 6.54 Å². The van der Waals surface area contributed by atoms with Crippen LogP contribution in [0.2, 0.25) is 0 Å². The standard InChI is InChI=1S/C17H26N4/c1-13(2)17(16(18)15-8-6-5-7-9-15)20(3)11-14-10-19-21(4)12-14/h5-10,12-13,16-17H,11,18H2,1-4H3. The van der Waals surface area contributed by atoms with Gasteiger partial charge < -0.3 is 5.73 Å². The van der Waals surface area contributed by atoms with E-state index in [2.05, 4.69) is 49.2 Å². The maximum atomic E-state index is 6.54. The molecule has 0 radical (unpaired) electrons. The van der Waals surface area contributed by atoms with Gasteiger partial charge in [-0.15, -0.1) is 0 Å². The Balaban J connectivity index is 2.14. The topological polar surface area (TPSA) is 47.1 Å². The number of nitrogens with zero attached hydrogens (tertiary/aromatic N) is 3. The van der Waals surface area contributed by atoms with Crippen molar-refractivity contribution < 1.29 is 0 Å². The van der Waals surface area contributed by atoms with Gasteiger partial charge in [0, 0.05) is 37.4 Å². The number of benzene rings is 1. The molecule has 0 fully saturated rings. The normalized spacial score (nSPS) is 14.6. The van der Waals surface area contributed by atoms with Gasteiger partial charge in [-0.25, -0.2) is 0 Å². The van der Waals surface area contributed by atoms with Gasteiger partial charge in [-0.1, -0.05) is 44.2 Å². The first kappa shape index (κ1) is 15.7. The van der Waals surface area contributed by atoms with Crippen LogP contribution in [0.25, 0.3) is 0 Å². The van der Waals surface area contributed by atoms with Crippen molar-refractivity contribution in [3.63, 3.8) is 0 Å². The quantitative estimate of drug-likeness (QED) is 0.888. The molecule has 2 unspecified atom stereocenters. The summed E-state index contributed by atoms with van der Waals surface area (Å²) < 4.78 is 1.84. The molecule has 0 aliphatic carbocycles. The highest BCUT2D eigenvalue weighted by Gasteiger charge is 2.26. The zero-order valence-corrected chi connectivity index (χ0v) is 13.4.